The van der Waals surface area contributed by atoms with Crippen molar-refractivity contribution in [3.05, 3.63) is 35.5 Å². The van der Waals surface area contributed by atoms with Crippen molar-refractivity contribution < 1.29 is 4.74 Å². The van der Waals surface area contributed by atoms with E-state index >= 15 is 0 Å². The minimum atomic E-state index is 0.675. The molecule has 3 rings (SSSR count). The second kappa shape index (κ2) is 4.19. The summed E-state index contributed by atoms with van der Waals surface area (Å²) in [5, 5.41) is 1.43. The largest absolute Gasteiger partial charge is 0.381 e. The number of benzene rings is 1. The summed E-state index contributed by atoms with van der Waals surface area (Å²) in [7, 11) is 2.14. The van der Waals surface area contributed by atoms with Crippen LogP contribution in [0.3, 0.4) is 0 Å². The molecular formula is C15H19NO. The predicted molar refractivity (Wildman–Crippen MR) is 70.5 cm³/mol. The van der Waals surface area contributed by atoms with Gasteiger partial charge in [0, 0.05) is 37.4 Å². The molecule has 2 heteroatoms. The number of ether oxygens (including phenoxy) is 1. The molecule has 1 aromatic carbocycles. The minimum absolute atomic E-state index is 0.675. The Balaban J connectivity index is 2.11. The number of aryl methyl sites for hydroxylation is 2. The summed E-state index contributed by atoms with van der Waals surface area (Å²) >= 11 is 0. The Bertz CT molecular complexity index is 535. The average Bonchev–Trinajstić information content (AvgIpc) is 2.67. The average molecular weight is 229 g/mol. The first-order valence-electron chi connectivity index (χ1n) is 6.39. The van der Waals surface area contributed by atoms with Gasteiger partial charge >= 0.3 is 0 Å². The second-order valence-corrected chi connectivity index (χ2v) is 5.10. The van der Waals surface area contributed by atoms with E-state index in [-0.39, 0.29) is 0 Å². The third-order valence-electron chi connectivity index (χ3n) is 3.84. The van der Waals surface area contributed by atoms with Gasteiger partial charge in [-0.15, -0.1) is 0 Å². The molecule has 0 atom stereocenters. The van der Waals surface area contributed by atoms with E-state index in [2.05, 4.69) is 42.9 Å². The highest BCUT2D eigenvalue weighted by Crippen LogP contribution is 2.33. The second-order valence-electron chi connectivity index (χ2n) is 5.10. The first kappa shape index (κ1) is 10.8. The molecule has 0 saturated carbocycles. The van der Waals surface area contributed by atoms with Gasteiger partial charge in [0.1, 0.15) is 0 Å². The molecule has 1 fully saturated rings. The zero-order valence-electron chi connectivity index (χ0n) is 10.6. The van der Waals surface area contributed by atoms with Crippen LogP contribution in [0.2, 0.25) is 0 Å². The smallest absolute Gasteiger partial charge is 0.0480 e. The zero-order valence-corrected chi connectivity index (χ0v) is 10.6. The van der Waals surface area contributed by atoms with Gasteiger partial charge in [0.05, 0.1) is 0 Å². The summed E-state index contributed by atoms with van der Waals surface area (Å²) in [6.45, 7) is 3.99. The Kier molecular flexibility index (Phi) is 2.67. The standard InChI is InChI=1S/C15H19NO/c1-11-3-4-15-13(9-11)14(10-16(15)2)12-5-7-17-8-6-12/h3-4,9-10,12H,5-8H2,1-2H3. The molecule has 90 valence electrons. The topological polar surface area (TPSA) is 14.2 Å². The lowest BCUT2D eigenvalue weighted by atomic mass is 9.91. The molecule has 2 aromatic rings. The lowest BCUT2D eigenvalue weighted by Crippen LogP contribution is -2.13. The van der Waals surface area contributed by atoms with E-state index in [1.54, 1.807) is 0 Å². The Hall–Kier alpha value is -1.28. The van der Waals surface area contributed by atoms with Gasteiger partial charge in [-0.05, 0) is 43.4 Å². The Morgan fingerprint density at radius 2 is 2.00 bits per heavy atom. The van der Waals surface area contributed by atoms with Crippen molar-refractivity contribution in [1.82, 2.24) is 4.57 Å². The van der Waals surface area contributed by atoms with Crippen LogP contribution in [0.25, 0.3) is 10.9 Å². The van der Waals surface area contributed by atoms with Crippen LogP contribution >= 0.6 is 0 Å². The molecular weight excluding hydrogens is 210 g/mol. The third kappa shape index (κ3) is 1.87. The fraction of sp³-hybridized carbons (Fsp3) is 0.467. The highest BCUT2D eigenvalue weighted by Gasteiger charge is 2.19. The van der Waals surface area contributed by atoms with E-state index in [4.69, 9.17) is 4.74 Å². The first-order valence-corrected chi connectivity index (χ1v) is 6.39. The van der Waals surface area contributed by atoms with Gasteiger partial charge < -0.3 is 9.30 Å². The molecule has 1 aliphatic heterocycles. The monoisotopic (exact) mass is 229 g/mol. The van der Waals surface area contributed by atoms with Crippen LogP contribution in [-0.2, 0) is 11.8 Å². The van der Waals surface area contributed by atoms with E-state index < -0.39 is 0 Å². The molecule has 2 heterocycles. The van der Waals surface area contributed by atoms with Crippen molar-refractivity contribution in [3.8, 4) is 0 Å². The molecule has 17 heavy (non-hydrogen) atoms. The number of aromatic nitrogens is 1. The third-order valence-corrected chi connectivity index (χ3v) is 3.84. The summed E-state index contributed by atoms with van der Waals surface area (Å²) < 4.78 is 7.71. The zero-order chi connectivity index (χ0) is 11.8. The van der Waals surface area contributed by atoms with Gasteiger partial charge in [-0.1, -0.05) is 11.6 Å². The molecule has 0 unspecified atom stereocenters. The molecule has 2 nitrogen and oxygen atoms in total. The lowest BCUT2D eigenvalue weighted by Gasteiger charge is -2.21. The summed E-state index contributed by atoms with van der Waals surface area (Å²) in [4.78, 5) is 0. The number of nitrogens with zero attached hydrogens (tertiary/aromatic N) is 1. The molecule has 1 aromatic heterocycles. The minimum Gasteiger partial charge on any atom is -0.381 e. The summed E-state index contributed by atoms with van der Waals surface area (Å²) in [6.07, 6.45) is 4.63. The van der Waals surface area contributed by atoms with Crippen LogP contribution in [0.15, 0.2) is 24.4 Å². The van der Waals surface area contributed by atoms with E-state index in [1.807, 2.05) is 0 Å². The summed E-state index contributed by atoms with van der Waals surface area (Å²) in [6, 6.07) is 6.74. The number of rotatable bonds is 1. The van der Waals surface area contributed by atoms with Crippen molar-refractivity contribution in [1.29, 1.82) is 0 Å². The predicted octanol–water partition coefficient (Wildman–Crippen LogP) is 3.38. The highest BCUT2D eigenvalue weighted by atomic mass is 16.5. The maximum atomic E-state index is 5.46. The number of hydrogen-bond acceptors (Lipinski definition) is 1. The maximum absolute atomic E-state index is 5.46. The van der Waals surface area contributed by atoms with Gasteiger partial charge in [0.15, 0.2) is 0 Å². The van der Waals surface area contributed by atoms with Crippen molar-refractivity contribution >= 4 is 10.9 Å². The molecule has 0 spiro atoms. The quantitative estimate of drug-likeness (QED) is 0.731. The maximum Gasteiger partial charge on any atom is 0.0480 e. The van der Waals surface area contributed by atoms with E-state index in [0.29, 0.717) is 5.92 Å². The van der Waals surface area contributed by atoms with E-state index in [1.165, 1.54) is 22.0 Å². The SMILES string of the molecule is Cc1ccc2c(c1)c(C1CCOCC1)cn2C. The molecule has 0 bridgehead atoms. The molecule has 1 aliphatic rings. The van der Waals surface area contributed by atoms with Crippen LogP contribution in [-0.4, -0.2) is 17.8 Å². The normalized spacial score (nSPS) is 17.8. The Morgan fingerprint density at radius 1 is 1.24 bits per heavy atom. The van der Waals surface area contributed by atoms with Crippen LogP contribution in [0.5, 0.6) is 0 Å². The van der Waals surface area contributed by atoms with Gasteiger partial charge in [0.2, 0.25) is 0 Å². The van der Waals surface area contributed by atoms with Crippen LogP contribution < -0.4 is 0 Å². The highest BCUT2D eigenvalue weighted by molar-refractivity contribution is 5.85. The number of hydrogen-bond donors (Lipinski definition) is 0. The summed E-state index contributed by atoms with van der Waals surface area (Å²) in [5.41, 5.74) is 4.20. The van der Waals surface area contributed by atoms with Crippen molar-refractivity contribution in [2.75, 3.05) is 13.2 Å². The van der Waals surface area contributed by atoms with Gasteiger partial charge in [-0.2, -0.15) is 0 Å². The molecule has 0 amide bonds. The molecule has 0 aliphatic carbocycles. The fourth-order valence-corrected chi connectivity index (χ4v) is 2.87. The van der Waals surface area contributed by atoms with Gasteiger partial charge in [-0.3, -0.25) is 0 Å². The fourth-order valence-electron chi connectivity index (χ4n) is 2.87. The van der Waals surface area contributed by atoms with Crippen molar-refractivity contribution in [2.24, 2.45) is 7.05 Å². The van der Waals surface area contributed by atoms with Gasteiger partial charge in [0.25, 0.3) is 0 Å². The van der Waals surface area contributed by atoms with Crippen LogP contribution in [0.1, 0.15) is 29.9 Å². The molecule has 1 saturated heterocycles. The van der Waals surface area contributed by atoms with Gasteiger partial charge in [-0.25, -0.2) is 0 Å². The van der Waals surface area contributed by atoms with Crippen molar-refractivity contribution in [2.45, 2.75) is 25.7 Å². The lowest BCUT2D eigenvalue weighted by molar-refractivity contribution is 0.0856. The van der Waals surface area contributed by atoms with Crippen LogP contribution in [0, 0.1) is 6.92 Å². The van der Waals surface area contributed by atoms with Crippen LogP contribution in [0.4, 0.5) is 0 Å². The Labute approximate surface area is 102 Å². The molecule has 0 radical (unpaired) electrons. The number of fused-ring (bicyclic) bond motifs is 1. The summed E-state index contributed by atoms with van der Waals surface area (Å²) in [5.74, 6) is 0.675. The van der Waals surface area contributed by atoms with E-state index in [0.717, 1.165) is 26.1 Å². The van der Waals surface area contributed by atoms with Crippen molar-refractivity contribution in [3.63, 3.8) is 0 Å². The molecule has 0 N–H and O–H groups in total. The van der Waals surface area contributed by atoms with E-state index in [9.17, 15) is 0 Å². The Morgan fingerprint density at radius 3 is 2.76 bits per heavy atom. The first-order chi connectivity index (χ1) is 8.25.